The molecule has 0 spiro atoms. The molecule has 1 heterocycles. The van der Waals surface area contributed by atoms with Gasteiger partial charge in [0.1, 0.15) is 23.9 Å². The highest BCUT2D eigenvalue weighted by molar-refractivity contribution is 5.97. The van der Waals surface area contributed by atoms with Gasteiger partial charge < -0.3 is 59.1 Å². The lowest BCUT2D eigenvalue weighted by Crippen LogP contribution is -2.59. The molecule has 0 radical (unpaired) electrons. The number of benzene rings is 1. The van der Waals surface area contributed by atoms with E-state index in [9.17, 15) is 44.1 Å². The summed E-state index contributed by atoms with van der Waals surface area (Å²) in [4.78, 5) is 81.4. The topological polar surface area (TPSA) is 319 Å². The molecule has 1 fully saturated rings. The minimum absolute atomic E-state index is 0.0315. The smallest absolute Gasteiger partial charge is 0.328 e. The number of aromatic hydroxyl groups is 1. The first-order valence-corrected chi connectivity index (χ1v) is 14.6. The van der Waals surface area contributed by atoms with Gasteiger partial charge in [0.05, 0.1) is 18.6 Å². The Morgan fingerprint density at radius 1 is 1.00 bits per heavy atom. The number of phenols is 1. The summed E-state index contributed by atoms with van der Waals surface area (Å²) in [5.74, 6) is -5.80. The van der Waals surface area contributed by atoms with Gasteiger partial charge in [-0.05, 0) is 50.3 Å². The molecule has 14 N–H and O–H groups in total. The molecular weight excluding hydrogens is 606 g/mol. The molecule has 1 aliphatic rings. The van der Waals surface area contributed by atoms with Crippen LogP contribution in [0.15, 0.2) is 29.3 Å². The quantitative estimate of drug-likeness (QED) is 0.0440. The van der Waals surface area contributed by atoms with E-state index in [2.05, 4.69) is 20.9 Å². The van der Waals surface area contributed by atoms with Gasteiger partial charge in [0.15, 0.2) is 12.0 Å². The van der Waals surface area contributed by atoms with Gasteiger partial charge in [-0.2, -0.15) is 0 Å². The van der Waals surface area contributed by atoms with Crippen molar-refractivity contribution in [3.8, 4) is 5.75 Å². The molecule has 46 heavy (non-hydrogen) atoms. The van der Waals surface area contributed by atoms with Crippen LogP contribution in [0.3, 0.4) is 0 Å². The molecule has 1 aliphatic heterocycles. The van der Waals surface area contributed by atoms with Crippen molar-refractivity contribution in [3.05, 3.63) is 29.8 Å². The second kappa shape index (κ2) is 17.5. The van der Waals surface area contributed by atoms with Crippen LogP contribution < -0.4 is 38.9 Å². The highest BCUT2D eigenvalue weighted by Gasteiger charge is 2.40. The van der Waals surface area contributed by atoms with Crippen molar-refractivity contribution >= 4 is 41.5 Å². The van der Waals surface area contributed by atoms with Crippen LogP contribution in [0.1, 0.15) is 44.6 Å². The largest absolute Gasteiger partial charge is 0.508 e. The molecule has 0 aromatic heterocycles. The summed E-state index contributed by atoms with van der Waals surface area (Å²) in [6, 6.07) is -0.868. The first-order valence-electron chi connectivity index (χ1n) is 14.6. The van der Waals surface area contributed by atoms with Crippen molar-refractivity contribution in [2.24, 2.45) is 27.9 Å². The number of aliphatic carboxylic acids is 1. The van der Waals surface area contributed by atoms with Crippen LogP contribution in [-0.2, 0) is 35.2 Å². The van der Waals surface area contributed by atoms with Crippen LogP contribution in [0.2, 0.25) is 0 Å². The zero-order valence-corrected chi connectivity index (χ0v) is 25.4. The number of nitrogens with two attached hydrogens (primary N) is 4. The maximum absolute atomic E-state index is 13.6. The monoisotopic (exact) mass is 649 g/mol. The van der Waals surface area contributed by atoms with E-state index in [0.29, 0.717) is 18.4 Å². The minimum atomic E-state index is -1.63. The van der Waals surface area contributed by atoms with Crippen LogP contribution in [0.25, 0.3) is 0 Å². The number of aliphatic hydroxyl groups is 1. The lowest BCUT2D eigenvalue weighted by Gasteiger charge is -2.30. The first-order chi connectivity index (χ1) is 21.6. The molecule has 1 aromatic carbocycles. The number of amides is 5. The van der Waals surface area contributed by atoms with E-state index in [1.165, 1.54) is 31.2 Å². The van der Waals surface area contributed by atoms with E-state index in [1.807, 2.05) is 0 Å². The number of nitrogens with zero attached hydrogens (tertiary/aromatic N) is 2. The summed E-state index contributed by atoms with van der Waals surface area (Å²) in [7, 11) is 0. The number of nitrogens with one attached hydrogen (secondary N) is 3. The Labute approximate surface area is 264 Å². The van der Waals surface area contributed by atoms with Gasteiger partial charge in [0.2, 0.25) is 29.5 Å². The van der Waals surface area contributed by atoms with E-state index in [0.717, 1.165) is 4.90 Å². The summed E-state index contributed by atoms with van der Waals surface area (Å²) < 4.78 is 0. The average Bonchev–Trinajstić information content (AvgIpc) is 3.47. The Bertz CT molecular complexity index is 1290. The lowest BCUT2D eigenvalue weighted by atomic mass is 10.0. The van der Waals surface area contributed by atoms with E-state index >= 15 is 0 Å². The van der Waals surface area contributed by atoms with E-state index in [-0.39, 0.29) is 44.1 Å². The number of aliphatic hydroxyl groups excluding tert-OH is 1. The summed E-state index contributed by atoms with van der Waals surface area (Å²) in [5, 5.41) is 35.9. The Kier molecular flexibility index (Phi) is 14.2. The third kappa shape index (κ3) is 11.5. The molecule has 1 aromatic rings. The van der Waals surface area contributed by atoms with Crippen LogP contribution >= 0.6 is 0 Å². The van der Waals surface area contributed by atoms with Crippen LogP contribution in [-0.4, -0.2) is 111 Å². The Morgan fingerprint density at radius 3 is 2.20 bits per heavy atom. The predicted molar refractivity (Wildman–Crippen MR) is 163 cm³/mol. The van der Waals surface area contributed by atoms with Gasteiger partial charge in [-0.3, -0.25) is 29.0 Å². The van der Waals surface area contributed by atoms with Gasteiger partial charge in [0, 0.05) is 19.5 Å². The SMILES string of the molecule is C[C@@H](O)[C@H](NC(=O)[C@@H]1CCCN1C(=O)[C@H](CC(N)=O)NC(=O)[C@H](Cc1ccc(O)cc1)NC(=O)[C@@H](N)CCCN=C(N)N)C(=O)O. The summed E-state index contributed by atoms with van der Waals surface area (Å²) in [5.41, 5.74) is 22.5. The zero-order valence-electron chi connectivity index (χ0n) is 25.4. The molecule has 0 unspecified atom stereocenters. The number of phenolic OH excluding ortho intramolecular Hbond substituents is 1. The molecule has 0 aliphatic carbocycles. The number of rotatable bonds is 17. The fourth-order valence-corrected chi connectivity index (χ4v) is 4.82. The number of carbonyl (C=O) groups excluding carboxylic acids is 5. The number of carbonyl (C=O) groups is 6. The standard InChI is InChI=1S/C28H43N9O9/c1-14(38)22(27(45)46)36-25(43)20-5-3-11-37(20)26(44)19(13-21(30)40)35-24(42)18(12-15-6-8-16(39)9-7-15)34-23(41)17(29)4-2-10-33-28(31)32/h6-9,14,17-20,22,38-39H,2-5,10-13,29H2,1H3,(H2,30,40)(H,34,41)(H,35,42)(H,36,43)(H,45,46)(H4,31,32,33)/t14-,17+,18+,19+,20+,22+/m1/s1. The summed E-state index contributed by atoms with van der Waals surface area (Å²) in [6.07, 6.45) is -1.12. The number of likely N-dealkylation sites (tertiary alicyclic amines) is 1. The molecule has 1 saturated heterocycles. The second-order valence-electron chi connectivity index (χ2n) is 11.0. The van der Waals surface area contributed by atoms with Crippen molar-refractivity contribution in [1.29, 1.82) is 0 Å². The van der Waals surface area contributed by atoms with Crippen LogP contribution in [0.5, 0.6) is 5.75 Å². The number of hydrogen-bond acceptors (Lipinski definition) is 10. The Balaban J connectivity index is 2.26. The third-order valence-corrected chi connectivity index (χ3v) is 7.22. The van der Waals surface area contributed by atoms with Crippen LogP contribution in [0.4, 0.5) is 0 Å². The molecule has 0 bridgehead atoms. The van der Waals surface area contributed by atoms with Crippen molar-refractivity contribution in [1.82, 2.24) is 20.9 Å². The zero-order chi connectivity index (χ0) is 34.6. The van der Waals surface area contributed by atoms with E-state index in [1.54, 1.807) is 0 Å². The molecule has 6 atom stereocenters. The predicted octanol–water partition coefficient (Wildman–Crippen LogP) is -3.90. The van der Waals surface area contributed by atoms with Gasteiger partial charge in [0.25, 0.3) is 0 Å². The molecule has 18 nitrogen and oxygen atoms in total. The van der Waals surface area contributed by atoms with Crippen molar-refractivity contribution in [2.75, 3.05) is 13.1 Å². The number of carboxylic acid groups (broad SMARTS) is 1. The fourth-order valence-electron chi connectivity index (χ4n) is 4.82. The van der Waals surface area contributed by atoms with Gasteiger partial charge in [-0.1, -0.05) is 12.1 Å². The van der Waals surface area contributed by atoms with E-state index in [4.69, 9.17) is 22.9 Å². The summed E-state index contributed by atoms with van der Waals surface area (Å²) >= 11 is 0. The first kappa shape index (κ1) is 37.2. The lowest BCUT2D eigenvalue weighted by molar-refractivity contribution is -0.147. The minimum Gasteiger partial charge on any atom is -0.508 e. The number of carboxylic acids is 1. The number of aliphatic imine (C=N–C) groups is 1. The van der Waals surface area contributed by atoms with Crippen molar-refractivity contribution < 1.29 is 44.1 Å². The van der Waals surface area contributed by atoms with Gasteiger partial charge in [-0.25, -0.2) is 4.79 Å². The van der Waals surface area contributed by atoms with Gasteiger partial charge >= 0.3 is 5.97 Å². The van der Waals surface area contributed by atoms with Crippen molar-refractivity contribution in [2.45, 2.75) is 81.8 Å². The molecule has 254 valence electrons. The maximum Gasteiger partial charge on any atom is 0.328 e. The molecular formula is C28H43N9O9. The third-order valence-electron chi connectivity index (χ3n) is 7.22. The summed E-state index contributed by atoms with van der Waals surface area (Å²) in [6.45, 7) is 1.46. The Hall–Kier alpha value is -4.97. The highest BCUT2D eigenvalue weighted by atomic mass is 16.4. The number of hydrogen-bond donors (Lipinski definition) is 10. The average molecular weight is 650 g/mol. The van der Waals surface area contributed by atoms with Gasteiger partial charge in [-0.15, -0.1) is 0 Å². The maximum atomic E-state index is 13.6. The second-order valence-corrected chi connectivity index (χ2v) is 11.0. The van der Waals surface area contributed by atoms with Crippen LogP contribution in [0, 0.1) is 0 Å². The molecule has 18 heteroatoms. The fraction of sp³-hybridized carbons (Fsp3) is 0.536. The normalized spacial score (nSPS) is 17.5. The molecule has 0 saturated carbocycles. The molecule has 2 rings (SSSR count). The van der Waals surface area contributed by atoms with E-state index < -0.39 is 78.2 Å². The van der Waals surface area contributed by atoms with Crippen molar-refractivity contribution in [3.63, 3.8) is 0 Å². The number of primary amides is 1. The highest BCUT2D eigenvalue weighted by Crippen LogP contribution is 2.20. The Morgan fingerprint density at radius 2 is 1.63 bits per heavy atom. The number of guanidine groups is 1. The molecule has 5 amide bonds.